The van der Waals surface area contributed by atoms with Crippen molar-refractivity contribution < 1.29 is 14.6 Å². The van der Waals surface area contributed by atoms with Gasteiger partial charge < -0.3 is 4.74 Å². The summed E-state index contributed by atoms with van der Waals surface area (Å²) in [7, 11) is 0. The molecule has 0 N–H and O–H groups in total. The summed E-state index contributed by atoms with van der Waals surface area (Å²) in [5.41, 5.74) is 1.14. The van der Waals surface area contributed by atoms with Gasteiger partial charge in [-0.25, -0.2) is 0 Å². The average Bonchev–Trinajstić information content (AvgIpc) is 3.24. The smallest absolute Gasteiger partial charge is 0.282 e. The number of ether oxygens (including phenoxy) is 1. The second-order valence-corrected chi connectivity index (χ2v) is 8.26. The van der Waals surface area contributed by atoms with Crippen molar-refractivity contribution in [1.29, 1.82) is 0 Å². The molecule has 0 radical (unpaired) electrons. The number of nitrogens with zero attached hydrogens (tertiary/aromatic N) is 2. The van der Waals surface area contributed by atoms with Crippen molar-refractivity contribution in [3.8, 4) is 0 Å². The van der Waals surface area contributed by atoms with Crippen LogP contribution in [0.2, 0.25) is 0 Å². The molecule has 0 saturated carbocycles. The van der Waals surface area contributed by atoms with Crippen LogP contribution in [0.15, 0.2) is 40.3 Å². The summed E-state index contributed by atoms with van der Waals surface area (Å²) in [4.78, 5) is 23.4. The fourth-order valence-corrected chi connectivity index (χ4v) is 6.31. The minimum atomic E-state index is -1.11. The molecule has 4 rings (SSSR count). The summed E-state index contributed by atoms with van der Waals surface area (Å²) in [6.45, 7) is 1.84. The lowest BCUT2D eigenvalue weighted by Gasteiger charge is -2.39. The van der Waals surface area contributed by atoms with E-state index in [0.717, 1.165) is 18.4 Å². The van der Waals surface area contributed by atoms with Gasteiger partial charge in [0.1, 0.15) is 5.25 Å². The van der Waals surface area contributed by atoms with Crippen molar-refractivity contribution in [3.63, 3.8) is 0 Å². The Balaban J connectivity index is 1.81. The van der Waals surface area contributed by atoms with Gasteiger partial charge in [0, 0.05) is 23.8 Å². The number of para-hydroxylation sites is 1. The van der Waals surface area contributed by atoms with Crippen LogP contribution < -0.4 is 0 Å². The Morgan fingerprint density at radius 3 is 2.65 bits per heavy atom. The molecule has 138 valence electrons. The first-order valence-corrected chi connectivity index (χ1v) is 9.78. The number of nitro benzene ring substituents is 1. The SMILES string of the molecule is CC[C@@]1([N+](=O)[O-])CCC2=C([C@H]1Sc1ccccc1[N+](=O)[O-])[C@H]1CC[C@@H]2O1. The minimum Gasteiger partial charge on any atom is -0.366 e. The molecule has 1 aliphatic carbocycles. The fraction of sp³-hybridized carbons (Fsp3) is 0.556. The van der Waals surface area contributed by atoms with Crippen LogP contribution in [0.1, 0.15) is 39.0 Å². The third-order valence-corrected chi connectivity index (χ3v) is 7.53. The molecule has 0 spiro atoms. The maximum Gasteiger partial charge on any atom is 0.282 e. The van der Waals surface area contributed by atoms with E-state index >= 15 is 0 Å². The Kier molecular flexibility index (Phi) is 4.27. The van der Waals surface area contributed by atoms with Crippen LogP contribution in [-0.4, -0.2) is 32.8 Å². The summed E-state index contributed by atoms with van der Waals surface area (Å²) < 4.78 is 6.04. The molecule has 1 saturated heterocycles. The third-order valence-electron chi connectivity index (χ3n) is 6.01. The molecule has 2 bridgehead atoms. The highest BCUT2D eigenvalue weighted by Crippen LogP contribution is 2.55. The first kappa shape index (κ1) is 17.5. The maximum absolute atomic E-state index is 12.1. The Hall–Kier alpha value is -1.93. The zero-order valence-corrected chi connectivity index (χ0v) is 15.2. The zero-order chi connectivity index (χ0) is 18.5. The quantitative estimate of drug-likeness (QED) is 0.435. The minimum absolute atomic E-state index is 0.00245. The standard InChI is InChI=1S/C18H20N2O5S/c1-2-18(20(23)24)10-9-11-13-7-8-14(25-13)16(11)17(18)26-15-6-4-3-5-12(15)19(21)22/h3-6,13-14,17H,2,7-10H2,1H3/t13-,14+,17+,18+/m0/s1. The Morgan fingerprint density at radius 1 is 1.23 bits per heavy atom. The summed E-state index contributed by atoms with van der Waals surface area (Å²) in [5.74, 6) is 0. The second kappa shape index (κ2) is 6.35. The zero-order valence-electron chi connectivity index (χ0n) is 14.4. The summed E-state index contributed by atoms with van der Waals surface area (Å²) in [5, 5.41) is 23.1. The van der Waals surface area contributed by atoms with E-state index in [9.17, 15) is 20.2 Å². The number of hydrogen-bond acceptors (Lipinski definition) is 6. The molecular weight excluding hydrogens is 356 g/mol. The van der Waals surface area contributed by atoms with Crippen LogP contribution in [0.4, 0.5) is 5.69 Å². The van der Waals surface area contributed by atoms with E-state index in [-0.39, 0.29) is 22.8 Å². The van der Waals surface area contributed by atoms with Gasteiger partial charge in [-0.05, 0) is 36.5 Å². The van der Waals surface area contributed by atoms with Crippen molar-refractivity contribution in [2.24, 2.45) is 0 Å². The molecule has 3 aliphatic rings. The molecular formula is C18H20N2O5S. The van der Waals surface area contributed by atoms with E-state index < -0.39 is 15.7 Å². The molecule has 2 aliphatic heterocycles. The summed E-state index contributed by atoms with van der Waals surface area (Å²) in [6.07, 6.45) is 3.43. The van der Waals surface area contributed by atoms with E-state index in [1.54, 1.807) is 18.2 Å². The summed E-state index contributed by atoms with van der Waals surface area (Å²) >= 11 is 1.27. The molecule has 1 fully saturated rings. The van der Waals surface area contributed by atoms with Crippen molar-refractivity contribution in [3.05, 3.63) is 55.6 Å². The highest BCUT2D eigenvalue weighted by Gasteiger charge is 2.59. The molecule has 2 heterocycles. The number of thioether (sulfide) groups is 1. The van der Waals surface area contributed by atoms with Gasteiger partial charge in [-0.15, -0.1) is 11.8 Å². The lowest BCUT2D eigenvalue weighted by atomic mass is 9.72. The van der Waals surface area contributed by atoms with Crippen LogP contribution in [0.3, 0.4) is 0 Å². The van der Waals surface area contributed by atoms with Gasteiger partial charge in [-0.2, -0.15) is 0 Å². The van der Waals surface area contributed by atoms with Crippen molar-refractivity contribution >= 4 is 17.4 Å². The first-order chi connectivity index (χ1) is 12.5. The second-order valence-electron chi connectivity index (χ2n) is 7.11. The van der Waals surface area contributed by atoms with E-state index in [1.807, 2.05) is 6.92 Å². The van der Waals surface area contributed by atoms with Crippen LogP contribution in [-0.2, 0) is 4.74 Å². The van der Waals surface area contributed by atoms with E-state index in [0.29, 0.717) is 24.2 Å². The van der Waals surface area contributed by atoms with Gasteiger partial charge in [0.25, 0.3) is 5.69 Å². The van der Waals surface area contributed by atoms with Crippen molar-refractivity contribution in [2.45, 2.75) is 66.9 Å². The third kappa shape index (κ3) is 2.46. The number of hydrogen-bond donors (Lipinski definition) is 0. The Bertz CT molecular complexity index is 811. The number of fused-ring (bicyclic) bond motifs is 4. The largest absolute Gasteiger partial charge is 0.366 e. The molecule has 0 amide bonds. The monoisotopic (exact) mass is 376 g/mol. The van der Waals surface area contributed by atoms with Gasteiger partial charge >= 0.3 is 0 Å². The molecule has 4 atom stereocenters. The Labute approximate surface area is 155 Å². The van der Waals surface area contributed by atoms with Gasteiger partial charge in [0.2, 0.25) is 5.54 Å². The normalized spacial score (nSPS) is 32.6. The van der Waals surface area contributed by atoms with Crippen molar-refractivity contribution in [1.82, 2.24) is 0 Å². The Morgan fingerprint density at radius 2 is 1.96 bits per heavy atom. The first-order valence-electron chi connectivity index (χ1n) is 8.91. The van der Waals surface area contributed by atoms with Gasteiger partial charge in [0.05, 0.1) is 22.0 Å². The number of rotatable bonds is 5. The molecule has 0 aromatic heterocycles. The average molecular weight is 376 g/mol. The molecule has 1 aromatic rings. The van der Waals surface area contributed by atoms with Gasteiger partial charge in [-0.1, -0.05) is 19.1 Å². The van der Waals surface area contributed by atoms with Crippen LogP contribution in [0.5, 0.6) is 0 Å². The molecule has 7 nitrogen and oxygen atoms in total. The maximum atomic E-state index is 12.1. The topological polar surface area (TPSA) is 95.5 Å². The predicted molar refractivity (Wildman–Crippen MR) is 96.9 cm³/mol. The van der Waals surface area contributed by atoms with Gasteiger partial charge in [-0.3, -0.25) is 20.2 Å². The van der Waals surface area contributed by atoms with Crippen LogP contribution >= 0.6 is 11.8 Å². The van der Waals surface area contributed by atoms with Crippen molar-refractivity contribution in [2.75, 3.05) is 0 Å². The molecule has 1 aromatic carbocycles. The van der Waals surface area contributed by atoms with Gasteiger partial charge in [0.15, 0.2) is 0 Å². The fourth-order valence-electron chi connectivity index (χ4n) is 4.62. The van der Waals surface area contributed by atoms with Crippen LogP contribution in [0, 0.1) is 20.2 Å². The highest BCUT2D eigenvalue weighted by molar-refractivity contribution is 8.00. The molecule has 0 unspecified atom stereocenters. The lowest BCUT2D eigenvalue weighted by molar-refractivity contribution is -0.570. The van der Waals surface area contributed by atoms with Crippen LogP contribution in [0.25, 0.3) is 0 Å². The molecule has 8 heteroatoms. The molecule has 26 heavy (non-hydrogen) atoms. The van der Waals surface area contributed by atoms with E-state index in [1.165, 1.54) is 23.4 Å². The summed E-state index contributed by atoms with van der Waals surface area (Å²) in [6, 6.07) is 6.50. The lowest BCUT2D eigenvalue weighted by Crippen LogP contribution is -2.52. The van der Waals surface area contributed by atoms with E-state index in [2.05, 4.69) is 0 Å². The van der Waals surface area contributed by atoms with E-state index in [4.69, 9.17) is 4.74 Å². The number of benzene rings is 1. The predicted octanol–water partition coefficient (Wildman–Crippen LogP) is 4.13. The highest BCUT2D eigenvalue weighted by atomic mass is 32.2. The number of nitro groups is 2.